The smallest absolute Gasteiger partial charge is 0.243 e. The van der Waals surface area contributed by atoms with Gasteiger partial charge < -0.3 is 11.1 Å². The van der Waals surface area contributed by atoms with Crippen LogP contribution in [0.1, 0.15) is 31.2 Å². The number of benzene rings is 1. The average Bonchev–Trinajstić information content (AvgIpc) is 2.26. The van der Waals surface area contributed by atoms with Crippen molar-refractivity contribution < 1.29 is 9.59 Å². The molecule has 0 radical (unpaired) electrons. The van der Waals surface area contributed by atoms with Crippen LogP contribution in [0.5, 0.6) is 0 Å². The molecule has 4 nitrogen and oxygen atoms in total. The van der Waals surface area contributed by atoms with E-state index in [1.54, 1.807) is 26.0 Å². The highest BCUT2D eigenvalue weighted by molar-refractivity contribution is 6.30. The van der Waals surface area contributed by atoms with Crippen molar-refractivity contribution >= 4 is 23.4 Å². The minimum Gasteiger partial charge on any atom is -0.370 e. The summed E-state index contributed by atoms with van der Waals surface area (Å²) in [4.78, 5) is 22.8. The van der Waals surface area contributed by atoms with Gasteiger partial charge in [-0.15, -0.1) is 11.6 Å². The van der Waals surface area contributed by atoms with Crippen molar-refractivity contribution in [2.24, 2.45) is 5.73 Å². The molecule has 1 aromatic carbocycles. The summed E-state index contributed by atoms with van der Waals surface area (Å²) in [6, 6.07) is 9.03. The van der Waals surface area contributed by atoms with Crippen LogP contribution in [0.3, 0.4) is 0 Å². The Morgan fingerprint density at radius 1 is 1.33 bits per heavy atom. The molecular formula is C13H17ClN2O2. The van der Waals surface area contributed by atoms with E-state index in [0.717, 1.165) is 0 Å². The number of hydrogen-bond acceptors (Lipinski definition) is 2. The SMILES string of the molecule is CC(C)(CC(N)=O)NC(=O)C(Cl)c1ccccc1. The summed E-state index contributed by atoms with van der Waals surface area (Å²) in [7, 11) is 0. The Bertz CT molecular complexity index is 432. The van der Waals surface area contributed by atoms with Crippen LogP contribution >= 0.6 is 11.6 Å². The standard InChI is InChI=1S/C13H17ClN2O2/c1-13(2,8-10(15)17)16-12(18)11(14)9-6-4-3-5-7-9/h3-7,11H,8H2,1-2H3,(H2,15,17)(H,16,18). The van der Waals surface area contributed by atoms with Gasteiger partial charge in [0.25, 0.3) is 0 Å². The minimum absolute atomic E-state index is 0.0666. The fourth-order valence-electron chi connectivity index (χ4n) is 1.65. The summed E-state index contributed by atoms with van der Waals surface area (Å²) in [5, 5.41) is 1.93. The quantitative estimate of drug-likeness (QED) is 0.799. The number of amides is 2. The molecule has 0 aliphatic heterocycles. The lowest BCUT2D eigenvalue weighted by Crippen LogP contribution is -2.47. The summed E-state index contributed by atoms with van der Waals surface area (Å²) in [5.41, 5.74) is 5.13. The van der Waals surface area contributed by atoms with E-state index in [1.165, 1.54) is 0 Å². The molecule has 1 rings (SSSR count). The van der Waals surface area contributed by atoms with E-state index in [4.69, 9.17) is 17.3 Å². The number of primary amides is 1. The van der Waals surface area contributed by atoms with Crippen LogP contribution in [-0.2, 0) is 9.59 Å². The van der Waals surface area contributed by atoms with Gasteiger partial charge in [0.15, 0.2) is 0 Å². The van der Waals surface area contributed by atoms with Crippen molar-refractivity contribution in [1.29, 1.82) is 0 Å². The van der Waals surface area contributed by atoms with E-state index in [9.17, 15) is 9.59 Å². The van der Waals surface area contributed by atoms with Gasteiger partial charge in [-0.1, -0.05) is 30.3 Å². The largest absolute Gasteiger partial charge is 0.370 e. The molecule has 0 saturated carbocycles. The van der Waals surface area contributed by atoms with E-state index in [0.29, 0.717) is 5.56 Å². The van der Waals surface area contributed by atoms with Crippen LogP contribution in [0.4, 0.5) is 0 Å². The Kier molecular flexibility index (Phi) is 4.73. The number of alkyl halides is 1. The monoisotopic (exact) mass is 268 g/mol. The van der Waals surface area contributed by atoms with Crippen molar-refractivity contribution in [3.05, 3.63) is 35.9 Å². The summed E-state index contributed by atoms with van der Waals surface area (Å²) < 4.78 is 0. The van der Waals surface area contributed by atoms with Crippen LogP contribution in [0, 0.1) is 0 Å². The van der Waals surface area contributed by atoms with Crippen molar-refractivity contribution in [2.45, 2.75) is 31.2 Å². The molecule has 0 aliphatic carbocycles. The molecule has 1 aromatic rings. The van der Waals surface area contributed by atoms with Crippen molar-refractivity contribution in [1.82, 2.24) is 5.32 Å². The zero-order valence-electron chi connectivity index (χ0n) is 10.4. The van der Waals surface area contributed by atoms with Crippen LogP contribution in [0.25, 0.3) is 0 Å². The second-order valence-corrected chi connectivity index (χ2v) is 5.23. The number of nitrogens with one attached hydrogen (secondary N) is 1. The Morgan fingerprint density at radius 2 is 1.89 bits per heavy atom. The second-order valence-electron chi connectivity index (χ2n) is 4.79. The molecule has 1 unspecified atom stereocenters. The predicted molar refractivity (Wildman–Crippen MR) is 71.1 cm³/mol. The van der Waals surface area contributed by atoms with Gasteiger partial charge in [-0.25, -0.2) is 0 Å². The first-order chi connectivity index (χ1) is 8.32. The van der Waals surface area contributed by atoms with E-state index >= 15 is 0 Å². The van der Waals surface area contributed by atoms with E-state index < -0.39 is 16.8 Å². The fraction of sp³-hybridized carbons (Fsp3) is 0.385. The molecular weight excluding hydrogens is 252 g/mol. The third kappa shape index (κ3) is 4.37. The summed E-state index contributed by atoms with van der Waals surface area (Å²) >= 11 is 6.07. The summed E-state index contributed by atoms with van der Waals surface area (Å²) in [5.74, 6) is -0.805. The van der Waals surface area contributed by atoms with E-state index in [1.807, 2.05) is 18.2 Å². The maximum atomic E-state index is 11.9. The van der Waals surface area contributed by atoms with Gasteiger partial charge >= 0.3 is 0 Å². The Hall–Kier alpha value is -1.55. The first kappa shape index (κ1) is 14.5. The van der Waals surface area contributed by atoms with Gasteiger partial charge in [0.2, 0.25) is 11.8 Å². The second kappa shape index (κ2) is 5.87. The molecule has 0 aromatic heterocycles. The van der Waals surface area contributed by atoms with Gasteiger partial charge in [-0.05, 0) is 19.4 Å². The summed E-state index contributed by atoms with van der Waals surface area (Å²) in [6.07, 6.45) is 0.0666. The van der Waals surface area contributed by atoms with E-state index in [-0.39, 0.29) is 12.3 Å². The first-order valence-electron chi connectivity index (χ1n) is 5.61. The Morgan fingerprint density at radius 3 is 2.39 bits per heavy atom. The van der Waals surface area contributed by atoms with Gasteiger partial charge in [0.05, 0.1) is 0 Å². The van der Waals surface area contributed by atoms with Gasteiger partial charge in [-0.3, -0.25) is 9.59 Å². The number of hydrogen-bond donors (Lipinski definition) is 2. The van der Waals surface area contributed by atoms with Crippen LogP contribution in [0.15, 0.2) is 30.3 Å². The zero-order chi connectivity index (χ0) is 13.8. The van der Waals surface area contributed by atoms with Crippen molar-refractivity contribution in [3.63, 3.8) is 0 Å². The molecule has 0 heterocycles. The van der Waals surface area contributed by atoms with Crippen LogP contribution < -0.4 is 11.1 Å². The van der Waals surface area contributed by atoms with Crippen molar-refractivity contribution in [3.8, 4) is 0 Å². The molecule has 0 spiro atoms. The lowest BCUT2D eigenvalue weighted by atomic mass is 9.99. The number of nitrogens with two attached hydrogens (primary N) is 1. The number of rotatable bonds is 5. The molecule has 2 amide bonds. The zero-order valence-corrected chi connectivity index (χ0v) is 11.2. The molecule has 98 valence electrons. The Labute approximate surface area is 112 Å². The number of carbonyl (C=O) groups is 2. The van der Waals surface area contributed by atoms with Gasteiger partial charge in [0, 0.05) is 12.0 Å². The minimum atomic E-state index is -0.779. The highest BCUT2D eigenvalue weighted by Gasteiger charge is 2.26. The lowest BCUT2D eigenvalue weighted by molar-refractivity contribution is -0.123. The molecule has 0 saturated heterocycles. The molecule has 3 N–H and O–H groups in total. The molecule has 18 heavy (non-hydrogen) atoms. The maximum Gasteiger partial charge on any atom is 0.243 e. The molecule has 0 bridgehead atoms. The number of halogens is 1. The summed E-state index contributed by atoms with van der Waals surface area (Å²) in [6.45, 7) is 3.45. The molecule has 1 atom stereocenters. The third-order valence-electron chi connectivity index (χ3n) is 2.40. The van der Waals surface area contributed by atoms with Crippen LogP contribution in [-0.4, -0.2) is 17.4 Å². The first-order valence-corrected chi connectivity index (χ1v) is 6.05. The Balaban J connectivity index is 2.68. The topological polar surface area (TPSA) is 72.2 Å². The maximum absolute atomic E-state index is 11.9. The van der Waals surface area contributed by atoms with E-state index in [2.05, 4.69) is 5.32 Å². The normalized spacial score (nSPS) is 12.8. The molecule has 0 fully saturated rings. The predicted octanol–water partition coefficient (Wildman–Crippen LogP) is 1.74. The fourth-order valence-corrected chi connectivity index (χ4v) is 1.85. The molecule has 0 aliphatic rings. The van der Waals surface area contributed by atoms with Gasteiger partial charge in [-0.2, -0.15) is 0 Å². The highest BCUT2D eigenvalue weighted by Crippen LogP contribution is 2.21. The van der Waals surface area contributed by atoms with Crippen molar-refractivity contribution in [2.75, 3.05) is 0 Å². The average molecular weight is 269 g/mol. The number of carbonyl (C=O) groups excluding carboxylic acids is 2. The van der Waals surface area contributed by atoms with Gasteiger partial charge in [0.1, 0.15) is 5.38 Å². The van der Waals surface area contributed by atoms with Crippen LogP contribution in [0.2, 0.25) is 0 Å². The molecule has 5 heteroatoms. The highest BCUT2D eigenvalue weighted by atomic mass is 35.5. The lowest BCUT2D eigenvalue weighted by Gasteiger charge is -2.26. The third-order valence-corrected chi connectivity index (χ3v) is 2.85.